The van der Waals surface area contributed by atoms with Gasteiger partial charge in [0.15, 0.2) is 0 Å². The van der Waals surface area contributed by atoms with Gasteiger partial charge in [-0.15, -0.1) is 0 Å². The number of aliphatic hydroxyl groups excluding tert-OH is 1. The maximum atomic E-state index is 11.9. The Morgan fingerprint density at radius 2 is 2.25 bits per heavy atom. The van der Waals surface area contributed by atoms with Crippen LogP contribution in [0.5, 0.6) is 0 Å². The largest absolute Gasteiger partial charge is 0.444 e. The van der Waals surface area contributed by atoms with E-state index in [1.165, 1.54) is 0 Å². The average molecular weight is 230 g/mol. The summed E-state index contributed by atoms with van der Waals surface area (Å²) in [5.41, 5.74) is -0.489. The van der Waals surface area contributed by atoms with Gasteiger partial charge in [-0.1, -0.05) is 0 Å². The van der Waals surface area contributed by atoms with E-state index in [1.54, 1.807) is 4.90 Å². The van der Waals surface area contributed by atoms with Crippen molar-refractivity contribution >= 4 is 6.09 Å². The Morgan fingerprint density at radius 1 is 1.56 bits per heavy atom. The average Bonchev–Trinajstić information content (AvgIpc) is 2.63. The van der Waals surface area contributed by atoms with Gasteiger partial charge in [0.2, 0.25) is 0 Å². The molecular weight excluding hydrogens is 208 g/mol. The fraction of sp³-hybridized carbons (Fsp3) is 0.909. The van der Waals surface area contributed by atoms with Crippen LogP contribution in [0, 0.1) is 0 Å². The maximum absolute atomic E-state index is 11.9. The van der Waals surface area contributed by atoms with Crippen LogP contribution >= 0.6 is 0 Å². The van der Waals surface area contributed by atoms with Gasteiger partial charge in [-0.05, 0) is 33.7 Å². The third-order valence-corrected chi connectivity index (χ3v) is 2.44. The smallest absolute Gasteiger partial charge is 0.410 e. The first kappa shape index (κ1) is 13.3. The summed E-state index contributed by atoms with van der Waals surface area (Å²) in [5, 5.41) is 12.2. The van der Waals surface area contributed by atoms with Gasteiger partial charge >= 0.3 is 6.09 Å². The quantitative estimate of drug-likeness (QED) is 0.744. The molecule has 1 fully saturated rings. The van der Waals surface area contributed by atoms with Crippen LogP contribution in [0.2, 0.25) is 0 Å². The summed E-state index contributed by atoms with van der Waals surface area (Å²) in [5.74, 6) is 0. The highest BCUT2D eigenvalue weighted by molar-refractivity contribution is 5.68. The van der Waals surface area contributed by atoms with Crippen LogP contribution in [-0.4, -0.2) is 54.0 Å². The third kappa shape index (κ3) is 3.98. The fourth-order valence-electron chi connectivity index (χ4n) is 1.76. The van der Waals surface area contributed by atoms with Crippen LogP contribution in [0.25, 0.3) is 0 Å². The zero-order valence-electron chi connectivity index (χ0n) is 10.3. The molecule has 16 heavy (non-hydrogen) atoms. The lowest BCUT2D eigenvalue weighted by Gasteiger charge is -2.30. The molecule has 2 N–H and O–H groups in total. The Bertz CT molecular complexity index is 232. The predicted octanol–water partition coefficient (Wildman–Crippen LogP) is 0.578. The molecule has 0 aliphatic carbocycles. The number of amides is 1. The number of carbonyl (C=O) groups excluding carboxylic acids is 1. The number of nitrogens with one attached hydrogen (secondary N) is 1. The number of rotatable bonds is 3. The van der Waals surface area contributed by atoms with Crippen molar-refractivity contribution in [2.75, 3.05) is 26.2 Å². The highest BCUT2D eigenvalue weighted by atomic mass is 16.6. The van der Waals surface area contributed by atoms with Crippen molar-refractivity contribution in [2.45, 2.75) is 38.8 Å². The molecule has 5 heteroatoms. The van der Waals surface area contributed by atoms with Gasteiger partial charge in [-0.2, -0.15) is 0 Å². The molecule has 1 aliphatic heterocycles. The Hall–Kier alpha value is -0.810. The molecule has 5 nitrogen and oxygen atoms in total. The highest BCUT2D eigenvalue weighted by Crippen LogP contribution is 2.14. The summed E-state index contributed by atoms with van der Waals surface area (Å²) in [6.07, 6.45) is 0.578. The first-order valence-corrected chi connectivity index (χ1v) is 5.75. The Balaban J connectivity index is 2.57. The van der Waals surface area contributed by atoms with Crippen LogP contribution in [0.15, 0.2) is 0 Å². The van der Waals surface area contributed by atoms with Crippen molar-refractivity contribution in [3.05, 3.63) is 0 Å². The van der Waals surface area contributed by atoms with E-state index in [9.17, 15) is 4.79 Å². The molecule has 1 saturated heterocycles. The van der Waals surface area contributed by atoms with E-state index in [0.717, 1.165) is 19.5 Å². The second-order valence-corrected chi connectivity index (χ2v) is 5.04. The zero-order valence-corrected chi connectivity index (χ0v) is 10.3. The molecule has 0 spiro atoms. The first-order chi connectivity index (χ1) is 7.44. The van der Waals surface area contributed by atoms with Gasteiger partial charge in [-0.3, -0.25) is 0 Å². The number of hydrogen-bond acceptors (Lipinski definition) is 4. The molecule has 1 heterocycles. The standard InChI is InChI=1S/C11H22N2O3/c1-11(2,3)16-10(15)13(6-7-14)9-4-5-12-8-9/h9,12,14H,4-8H2,1-3H3/t9-/m1/s1. The molecule has 1 aliphatic rings. The zero-order chi connectivity index (χ0) is 12.2. The van der Waals surface area contributed by atoms with Crippen molar-refractivity contribution in [3.8, 4) is 0 Å². The van der Waals surface area contributed by atoms with Crippen LogP contribution in [-0.2, 0) is 4.74 Å². The lowest BCUT2D eigenvalue weighted by molar-refractivity contribution is 0.0141. The van der Waals surface area contributed by atoms with E-state index < -0.39 is 5.60 Å². The summed E-state index contributed by atoms with van der Waals surface area (Å²) >= 11 is 0. The van der Waals surface area contributed by atoms with Crippen molar-refractivity contribution < 1.29 is 14.6 Å². The minimum absolute atomic E-state index is 0.0320. The molecule has 0 aromatic rings. The van der Waals surface area contributed by atoms with Crippen molar-refractivity contribution in [1.29, 1.82) is 0 Å². The molecule has 0 aromatic carbocycles. The number of carbonyl (C=O) groups is 1. The van der Waals surface area contributed by atoms with Crippen LogP contribution in [0.1, 0.15) is 27.2 Å². The Kier molecular flexibility index (Phi) is 4.56. The molecule has 1 rings (SSSR count). The second-order valence-electron chi connectivity index (χ2n) is 5.04. The highest BCUT2D eigenvalue weighted by Gasteiger charge is 2.29. The lowest BCUT2D eigenvalue weighted by atomic mass is 10.2. The molecule has 0 bridgehead atoms. The minimum Gasteiger partial charge on any atom is -0.444 e. The molecule has 0 unspecified atom stereocenters. The summed E-state index contributed by atoms with van der Waals surface area (Å²) in [6.45, 7) is 7.52. The number of nitrogens with zero attached hydrogens (tertiary/aromatic N) is 1. The number of aliphatic hydroxyl groups is 1. The van der Waals surface area contributed by atoms with Crippen molar-refractivity contribution in [3.63, 3.8) is 0 Å². The van der Waals surface area contributed by atoms with Gasteiger partial charge in [0, 0.05) is 19.1 Å². The molecule has 0 radical (unpaired) electrons. The molecule has 0 aromatic heterocycles. The number of ether oxygens (including phenoxy) is 1. The monoisotopic (exact) mass is 230 g/mol. The summed E-state index contributed by atoms with van der Waals surface area (Å²) in [7, 11) is 0. The Labute approximate surface area is 96.8 Å². The van der Waals surface area contributed by atoms with Crippen LogP contribution in [0.4, 0.5) is 4.79 Å². The molecule has 1 atom stereocenters. The van der Waals surface area contributed by atoms with E-state index in [2.05, 4.69) is 5.32 Å². The van der Waals surface area contributed by atoms with Gasteiger partial charge in [-0.25, -0.2) is 4.79 Å². The van der Waals surface area contributed by atoms with Gasteiger partial charge in [0.1, 0.15) is 5.60 Å². The van der Waals surface area contributed by atoms with E-state index in [0.29, 0.717) is 6.54 Å². The third-order valence-electron chi connectivity index (χ3n) is 2.44. The van der Waals surface area contributed by atoms with E-state index in [1.807, 2.05) is 20.8 Å². The van der Waals surface area contributed by atoms with E-state index >= 15 is 0 Å². The van der Waals surface area contributed by atoms with Crippen molar-refractivity contribution in [1.82, 2.24) is 10.2 Å². The van der Waals surface area contributed by atoms with Crippen LogP contribution in [0.3, 0.4) is 0 Å². The molecular formula is C11H22N2O3. The summed E-state index contributed by atoms with van der Waals surface area (Å²) in [6, 6.07) is 0.141. The van der Waals surface area contributed by atoms with E-state index in [-0.39, 0.29) is 18.7 Å². The topological polar surface area (TPSA) is 61.8 Å². The number of hydrogen-bond donors (Lipinski definition) is 2. The van der Waals surface area contributed by atoms with Crippen molar-refractivity contribution in [2.24, 2.45) is 0 Å². The minimum atomic E-state index is -0.489. The SMILES string of the molecule is CC(C)(C)OC(=O)N(CCO)[C@@H]1CCNC1. The normalized spacial score (nSPS) is 20.9. The predicted molar refractivity (Wildman–Crippen MR) is 61.3 cm³/mol. The summed E-state index contributed by atoms with van der Waals surface area (Å²) < 4.78 is 5.31. The maximum Gasteiger partial charge on any atom is 0.410 e. The van der Waals surface area contributed by atoms with E-state index in [4.69, 9.17) is 9.84 Å². The van der Waals surface area contributed by atoms with Gasteiger partial charge in [0.25, 0.3) is 0 Å². The fourth-order valence-corrected chi connectivity index (χ4v) is 1.76. The molecule has 1 amide bonds. The summed E-state index contributed by atoms with van der Waals surface area (Å²) in [4.78, 5) is 13.5. The first-order valence-electron chi connectivity index (χ1n) is 5.75. The second kappa shape index (κ2) is 5.50. The lowest BCUT2D eigenvalue weighted by Crippen LogP contribution is -2.45. The van der Waals surface area contributed by atoms with Gasteiger partial charge in [0.05, 0.1) is 6.61 Å². The molecule has 94 valence electrons. The Morgan fingerprint density at radius 3 is 2.69 bits per heavy atom. The molecule has 0 saturated carbocycles. The van der Waals surface area contributed by atoms with Gasteiger partial charge < -0.3 is 20.1 Å². The van der Waals surface area contributed by atoms with Crippen LogP contribution < -0.4 is 5.32 Å².